The fraction of sp³-hybridized carbons (Fsp3) is 0.300. The van der Waals surface area contributed by atoms with E-state index >= 15 is 0 Å². The highest BCUT2D eigenvalue weighted by Gasteiger charge is 2.30. The molecule has 144 valence electrons. The molecule has 1 aliphatic rings. The minimum Gasteiger partial charge on any atom is -0.493 e. The smallest absolute Gasteiger partial charge is 0.250 e. The molecule has 4 rings (SSSR count). The average molecular weight is 379 g/mol. The molecule has 1 amide bonds. The number of fused-ring (bicyclic) bond motifs is 1. The van der Waals surface area contributed by atoms with Gasteiger partial charge in [0.05, 0.1) is 14.2 Å². The van der Waals surface area contributed by atoms with Crippen LogP contribution < -0.4 is 14.4 Å². The molecule has 2 aromatic carbocycles. The molecule has 0 aliphatic carbocycles. The number of tetrazole rings is 1. The molecule has 1 aromatic heterocycles. The van der Waals surface area contributed by atoms with Crippen LogP contribution in [0.2, 0.25) is 0 Å². The van der Waals surface area contributed by atoms with Gasteiger partial charge in [-0.15, -0.1) is 10.2 Å². The Bertz CT molecular complexity index is 1020. The molecule has 1 atom stereocenters. The number of carbonyl (C=O) groups excluding carboxylic acids is 1. The first-order valence-electron chi connectivity index (χ1n) is 9.01. The molecule has 1 aliphatic heterocycles. The van der Waals surface area contributed by atoms with Crippen LogP contribution in [0, 0.1) is 0 Å². The first-order chi connectivity index (χ1) is 13.6. The lowest BCUT2D eigenvalue weighted by molar-refractivity contribution is -0.119. The number of benzene rings is 2. The number of para-hydroxylation sites is 1. The Hall–Kier alpha value is -3.42. The van der Waals surface area contributed by atoms with Crippen molar-refractivity contribution >= 4 is 11.6 Å². The van der Waals surface area contributed by atoms with E-state index in [1.54, 1.807) is 26.4 Å². The van der Waals surface area contributed by atoms with Crippen molar-refractivity contribution in [1.82, 2.24) is 20.2 Å². The zero-order valence-corrected chi connectivity index (χ0v) is 16.0. The Morgan fingerprint density at radius 2 is 1.93 bits per heavy atom. The van der Waals surface area contributed by atoms with Crippen LogP contribution in [0.1, 0.15) is 12.5 Å². The van der Waals surface area contributed by atoms with E-state index in [0.29, 0.717) is 17.3 Å². The highest BCUT2D eigenvalue weighted by atomic mass is 16.5. The number of hydrogen-bond acceptors (Lipinski definition) is 6. The quantitative estimate of drug-likeness (QED) is 0.677. The van der Waals surface area contributed by atoms with Crippen LogP contribution in [0.25, 0.3) is 11.4 Å². The Kier molecular flexibility index (Phi) is 4.68. The number of aromatic nitrogens is 4. The summed E-state index contributed by atoms with van der Waals surface area (Å²) in [7, 11) is 3.15. The average Bonchev–Trinajstić information content (AvgIpc) is 3.30. The Morgan fingerprint density at radius 3 is 2.71 bits per heavy atom. The molecule has 0 saturated heterocycles. The van der Waals surface area contributed by atoms with Crippen LogP contribution in [0.5, 0.6) is 11.5 Å². The second-order valence-electron chi connectivity index (χ2n) is 6.66. The zero-order valence-electron chi connectivity index (χ0n) is 16.0. The summed E-state index contributed by atoms with van der Waals surface area (Å²) < 4.78 is 10.6. The third-order valence-corrected chi connectivity index (χ3v) is 4.85. The maximum absolute atomic E-state index is 12.9. The first-order valence-corrected chi connectivity index (χ1v) is 9.01. The Labute approximate surface area is 162 Å². The van der Waals surface area contributed by atoms with Crippen molar-refractivity contribution in [1.29, 1.82) is 0 Å². The molecule has 0 N–H and O–H groups in total. The SMILES string of the molecule is COc1ccc(-c2nnn(CC(=O)N3c4ccccc4C[C@H]3C)n2)cc1OC. The van der Waals surface area contributed by atoms with Gasteiger partial charge in [0.25, 0.3) is 5.91 Å². The van der Waals surface area contributed by atoms with Gasteiger partial charge < -0.3 is 14.4 Å². The molecule has 28 heavy (non-hydrogen) atoms. The summed E-state index contributed by atoms with van der Waals surface area (Å²) >= 11 is 0. The van der Waals surface area contributed by atoms with Crippen LogP contribution in [0.3, 0.4) is 0 Å². The van der Waals surface area contributed by atoms with E-state index in [2.05, 4.69) is 21.5 Å². The normalized spacial score (nSPS) is 15.4. The lowest BCUT2D eigenvalue weighted by Crippen LogP contribution is -2.38. The maximum Gasteiger partial charge on any atom is 0.250 e. The second-order valence-corrected chi connectivity index (χ2v) is 6.66. The fourth-order valence-electron chi connectivity index (χ4n) is 3.54. The molecule has 0 fully saturated rings. The van der Waals surface area contributed by atoms with E-state index in [-0.39, 0.29) is 18.5 Å². The molecule has 2 heterocycles. The minimum absolute atomic E-state index is 0.0267. The van der Waals surface area contributed by atoms with Crippen molar-refractivity contribution in [3.8, 4) is 22.9 Å². The number of hydrogen-bond donors (Lipinski definition) is 0. The monoisotopic (exact) mass is 379 g/mol. The summed E-state index contributed by atoms with van der Waals surface area (Å²) in [6.07, 6.45) is 0.851. The molecule has 0 spiro atoms. The van der Waals surface area contributed by atoms with Crippen LogP contribution >= 0.6 is 0 Å². The molecule has 3 aromatic rings. The van der Waals surface area contributed by atoms with Crippen LogP contribution in [-0.4, -0.2) is 46.4 Å². The predicted molar refractivity (Wildman–Crippen MR) is 103 cm³/mol. The van der Waals surface area contributed by atoms with Gasteiger partial charge >= 0.3 is 0 Å². The van der Waals surface area contributed by atoms with Gasteiger partial charge in [0.15, 0.2) is 11.5 Å². The molecule has 8 heteroatoms. The van der Waals surface area contributed by atoms with Crippen molar-refractivity contribution in [2.24, 2.45) is 0 Å². The summed E-state index contributed by atoms with van der Waals surface area (Å²) in [5.41, 5.74) is 2.87. The Balaban J connectivity index is 1.53. The zero-order chi connectivity index (χ0) is 19.7. The highest BCUT2D eigenvalue weighted by molar-refractivity contribution is 5.95. The second kappa shape index (κ2) is 7.30. The topological polar surface area (TPSA) is 82.4 Å². The van der Waals surface area contributed by atoms with Crippen molar-refractivity contribution in [2.75, 3.05) is 19.1 Å². The summed E-state index contributed by atoms with van der Waals surface area (Å²) in [6.45, 7) is 2.07. The van der Waals surface area contributed by atoms with Crippen LogP contribution in [-0.2, 0) is 17.8 Å². The van der Waals surface area contributed by atoms with E-state index < -0.39 is 0 Å². The molecular formula is C20H21N5O3. The van der Waals surface area contributed by atoms with Gasteiger partial charge in [0, 0.05) is 17.3 Å². The maximum atomic E-state index is 12.9. The standard InChI is InChI=1S/C20H21N5O3/c1-13-10-14-6-4-5-7-16(14)25(13)19(26)12-24-22-20(21-23-24)15-8-9-17(27-2)18(11-15)28-3/h4-9,11,13H,10,12H2,1-3H3/t13-/m1/s1. The van der Waals surface area contributed by atoms with Gasteiger partial charge in [0.1, 0.15) is 6.54 Å². The highest BCUT2D eigenvalue weighted by Crippen LogP contribution is 2.32. The first kappa shape index (κ1) is 18.0. The van der Waals surface area contributed by atoms with Crippen molar-refractivity contribution < 1.29 is 14.3 Å². The largest absolute Gasteiger partial charge is 0.493 e. The number of amides is 1. The minimum atomic E-state index is -0.0614. The van der Waals surface area contributed by atoms with Crippen molar-refractivity contribution in [3.05, 3.63) is 48.0 Å². The molecular weight excluding hydrogens is 358 g/mol. The summed E-state index contributed by atoms with van der Waals surface area (Å²) in [5, 5.41) is 12.5. The van der Waals surface area contributed by atoms with Crippen molar-refractivity contribution in [3.63, 3.8) is 0 Å². The predicted octanol–water partition coefficient (Wildman–Crippen LogP) is 2.34. The van der Waals surface area contributed by atoms with Crippen LogP contribution in [0.4, 0.5) is 5.69 Å². The molecule has 0 saturated carbocycles. The van der Waals surface area contributed by atoms with E-state index in [0.717, 1.165) is 17.7 Å². The van der Waals surface area contributed by atoms with Gasteiger partial charge in [-0.2, -0.15) is 4.80 Å². The van der Waals surface area contributed by atoms with Crippen molar-refractivity contribution in [2.45, 2.75) is 25.9 Å². The van der Waals surface area contributed by atoms with E-state index in [4.69, 9.17) is 9.47 Å². The van der Waals surface area contributed by atoms with Gasteiger partial charge in [-0.25, -0.2) is 0 Å². The van der Waals surface area contributed by atoms with Gasteiger partial charge in [-0.3, -0.25) is 4.79 Å². The summed E-state index contributed by atoms with van der Waals surface area (Å²) in [4.78, 5) is 16.0. The van der Waals surface area contributed by atoms with Gasteiger partial charge in [0.2, 0.25) is 5.82 Å². The molecule has 8 nitrogen and oxygen atoms in total. The van der Waals surface area contributed by atoms with Gasteiger partial charge in [-0.1, -0.05) is 18.2 Å². The third-order valence-electron chi connectivity index (χ3n) is 4.85. The molecule has 0 bridgehead atoms. The third kappa shape index (κ3) is 3.17. The number of rotatable bonds is 5. The molecule has 0 unspecified atom stereocenters. The number of ether oxygens (including phenoxy) is 2. The number of methoxy groups -OCH3 is 2. The van der Waals surface area contributed by atoms with E-state index in [9.17, 15) is 4.79 Å². The Morgan fingerprint density at radius 1 is 1.14 bits per heavy atom. The number of anilines is 1. The molecule has 0 radical (unpaired) electrons. The lowest BCUT2D eigenvalue weighted by atomic mass is 10.1. The van der Waals surface area contributed by atoms with E-state index in [1.165, 1.54) is 10.4 Å². The summed E-state index contributed by atoms with van der Waals surface area (Å²) in [5.74, 6) is 1.56. The van der Waals surface area contributed by atoms with Crippen LogP contribution in [0.15, 0.2) is 42.5 Å². The van der Waals surface area contributed by atoms with E-state index in [1.807, 2.05) is 36.1 Å². The number of nitrogens with zero attached hydrogens (tertiary/aromatic N) is 5. The number of carbonyl (C=O) groups is 1. The lowest BCUT2D eigenvalue weighted by Gasteiger charge is -2.22. The summed E-state index contributed by atoms with van der Waals surface area (Å²) in [6, 6.07) is 13.5. The van der Waals surface area contributed by atoms with Gasteiger partial charge in [-0.05, 0) is 48.4 Å². The fourth-order valence-corrected chi connectivity index (χ4v) is 3.54.